The quantitative estimate of drug-likeness (QED) is 0.710. The van der Waals surface area contributed by atoms with Crippen LogP contribution in [0.4, 0.5) is 0 Å². The Kier molecular flexibility index (Phi) is 3.82. The van der Waals surface area contributed by atoms with E-state index in [4.69, 9.17) is 5.11 Å². The van der Waals surface area contributed by atoms with Crippen LogP contribution in [-0.4, -0.2) is 23.8 Å². The van der Waals surface area contributed by atoms with Crippen LogP contribution in [-0.2, 0) is 0 Å². The van der Waals surface area contributed by atoms with Gasteiger partial charge in [0.25, 0.3) is 0 Å². The zero-order valence-electron chi connectivity index (χ0n) is 9.04. The van der Waals surface area contributed by atoms with Crippen molar-refractivity contribution in [3.63, 3.8) is 0 Å². The Labute approximate surface area is 87.1 Å². The minimum atomic E-state index is 0.323. The van der Waals surface area contributed by atoms with E-state index in [1.807, 2.05) is 0 Å². The van der Waals surface area contributed by atoms with E-state index in [1.165, 1.54) is 51.4 Å². The molecular formula is C12H23NO. The van der Waals surface area contributed by atoms with E-state index in [9.17, 15) is 0 Å². The molecule has 2 atom stereocenters. The Bertz CT molecular complexity index is 166. The molecule has 0 aromatic carbocycles. The molecule has 1 heterocycles. The second-order valence-electron chi connectivity index (χ2n) is 4.98. The van der Waals surface area contributed by atoms with Gasteiger partial charge in [0.1, 0.15) is 0 Å². The van der Waals surface area contributed by atoms with Gasteiger partial charge in [-0.1, -0.05) is 25.7 Å². The van der Waals surface area contributed by atoms with Gasteiger partial charge in [-0.3, -0.25) is 0 Å². The number of hydrogen-bond donors (Lipinski definition) is 2. The first-order valence-electron chi connectivity index (χ1n) is 6.27. The maximum atomic E-state index is 9.14. The van der Waals surface area contributed by atoms with Crippen molar-refractivity contribution in [1.82, 2.24) is 5.32 Å². The average molecular weight is 197 g/mol. The number of piperidine rings is 1. The van der Waals surface area contributed by atoms with Crippen molar-refractivity contribution in [2.45, 2.75) is 63.5 Å². The summed E-state index contributed by atoms with van der Waals surface area (Å²) in [4.78, 5) is 0. The van der Waals surface area contributed by atoms with Crippen molar-refractivity contribution in [1.29, 1.82) is 0 Å². The summed E-state index contributed by atoms with van der Waals surface area (Å²) >= 11 is 0. The minimum Gasteiger partial charge on any atom is -0.395 e. The van der Waals surface area contributed by atoms with E-state index in [2.05, 4.69) is 5.32 Å². The van der Waals surface area contributed by atoms with Crippen molar-refractivity contribution >= 4 is 0 Å². The first kappa shape index (κ1) is 10.4. The Morgan fingerprint density at radius 1 is 0.929 bits per heavy atom. The van der Waals surface area contributed by atoms with Crippen LogP contribution in [0, 0.1) is 5.92 Å². The Hall–Kier alpha value is -0.0800. The predicted octanol–water partition coefficient (Wildman–Crippen LogP) is 2.07. The molecule has 1 aliphatic carbocycles. The lowest BCUT2D eigenvalue weighted by molar-refractivity contribution is 0.157. The average Bonchev–Trinajstić information content (AvgIpc) is 2.30. The molecule has 1 aliphatic heterocycles. The van der Waals surface area contributed by atoms with Crippen LogP contribution in [0.25, 0.3) is 0 Å². The number of aliphatic hydroxyl groups is 1. The molecule has 2 heteroatoms. The van der Waals surface area contributed by atoms with Gasteiger partial charge in [-0.15, -0.1) is 0 Å². The van der Waals surface area contributed by atoms with Gasteiger partial charge in [-0.25, -0.2) is 0 Å². The van der Waals surface area contributed by atoms with E-state index in [1.54, 1.807) is 0 Å². The summed E-state index contributed by atoms with van der Waals surface area (Å²) < 4.78 is 0. The molecule has 2 rings (SSSR count). The van der Waals surface area contributed by atoms with Gasteiger partial charge in [-0.05, 0) is 31.6 Å². The maximum Gasteiger partial charge on any atom is 0.0584 e. The summed E-state index contributed by atoms with van der Waals surface area (Å²) in [5.41, 5.74) is 0. The molecule has 0 aromatic heterocycles. The third-order valence-electron chi connectivity index (χ3n) is 3.96. The van der Waals surface area contributed by atoms with Gasteiger partial charge >= 0.3 is 0 Å². The van der Waals surface area contributed by atoms with Crippen molar-refractivity contribution in [2.75, 3.05) is 6.61 Å². The summed E-state index contributed by atoms with van der Waals surface area (Å²) in [5.74, 6) is 0.901. The topological polar surface area (TPSA) is 32.3 Å². The van der Waals surface area contributed by atoms with Crippen LogP contribution in [0.2, 0.25) is 0 Å². The summed E-state index contributed by atoms with van der Waals surface area (Å²) in [6.07, 6.45) is 10.9. The van der Waals surface area contributed by atoms with Crippen LogP contribution in [0.3, 0.4) is 0 Å². The van der Waals surface area contributed by atoms with E-state index in [-0.39, 0.29) is 0 Å². The van der Waals surface area contributed by atoms with E-state index < -0.39 is 0 Å². The van der Waals surface area contributed by atoms with Gasteiger partial charge in [0, 0.05) is 12.1 Å². The fourth-order valence-corrected chi connectivity index (χ4v) is 3.11. The van der Waals surface area contributed by atoms with E-state index in [0.29, 0.717) is 18.7 Å². The maximum absolute atomic E-state index is 9.14. The fourth-order valence-electron chi connectivity index (χ4n) is 3.11. The lowest BCUT2D eigenvalue weighted by Gasteiger charge is -2.37. The van der Waals surface area contributed by atoms with Crippen LogP contribution >= 0.6 is 0 Å². The van der Waals surface area contributed by atoms with Crippen molar-refractivity contribution in [2.24, 2.45) is 5.92 Å². The van der Waals surface area contributed by atoms with Gasteiger partial charge in [0.15, 0.2) is 0 Å². The van der Waals surface area contributed by atoms with Crippen molar-refractivity contribution in [3.05, 3.63) is 0 Å². The van der Waals surface area contributed by atoms with E-state index in [0.717, 1.165) is 5.92 Å². The zero-order valence-corrected chi connectivity index (χ0v) is 9.04. The highest BCUT2D eigenvalue weighted by molar-refractivity contribution is 4.86. The molecule has 0 spiro atoms. The molecule has 2 nitrogen and oxygen atoms in total. The third kappa shape index (κ3) is 2.48. The van der Waals surface area contributed by atoms with Gasteiger partial charge in [-0.2, -0.15) is 0 Å². The second kappa shape index (κ2) is 5.13. The van der Waals surface area contributed by atoms with Crippen LogP contribution in [0.1, 0.15) is 51.4 Å². The highest BCUT2D eigenvalue weighted by Gasteiger charge is 2.28. The molecule has 82 valence electrons. The molecule has 0 bridgehead atoms. The number of nitrogens with one attached hydrogen (secondary N) is 1. The normalized spacial score (nSPS) is 35.8. The zero-order chi connectivity index (χ0) is 9.80. The van der Waals surface area contributed by atoms with E-state index >= 15 is 0 Å². The first-order valence-corrected chi connectivity index (χ1v) is 6.27. The number of hydrogen-bond acceptors (Lipinski definition) is 2. The summed E-state index contributed by atoms with van der Waals surface area (Å²) in [7, 11) is 0. The van der Waals surface area contributed by atoms with Crippen molar-refractivity contribution in [3.8, 4) is 0 Å². The molecule has 1 saturated heterocycles. The molecule has 2 unspecified atom stereocenters. The molecule has 14 heavy (non-hydrogen) atoms. The van der Waals surface area contributed by atoms with Gasteiger partial charge in [0.05, 0.1) is 6.61 Å². The molecule has 1 saturated carbocycles. The predicted molar refractivity (Wildman–Crippen MR) is 58.2 cm³/mol. The summed E-state index contributed by atoms with van der Waals surface area (Å²) in [6, 6.07) is 1.09. The van der Waals surface area contributed by atoms with Gasteiger partial charge < -0.3 is 10.4 Å². The van der Waals surface area contributed by atoms with Crippen molar-refractivity contribution < 1.29 is 5.11 Å². The van der Waals surface area contributed by atoms with Gasteiger partial charge in [0.2, 0.25) is 0 Å². The molecule has 0 aromatic rings. The fraction of sp³-hybridized carbons (Fsp3) is 1.00. The molecule has 2 fully saturated rings. The van der Waals surface area contributed by atoms with Crippen LogP contribution in [0.5, 0.6) is 0 Å². The highest BCUT2D eigenvalue weighted by atomic mass is 16.3. The molecular weight excluding hydrogens is 174 g/mol. The Morgan fingerprint density at radius 3 is 2.43 bits per heavy atom. The third-order valence-corrected chi connectivity index (χ3v) is 3.96. The second-order valence-corrected chi connectivity index (χ2v) is 4.98. The lowest BCUT2D eigenvalue weighted by atomic mass is 9.80. The minimum absolute atomic E-state index is 0.323. The summed E-state index contributed by atoms with van der Waals surface area (Å²) in [5, 5.41) is 12.8. The van der Waals surface area contributed by atoms with Crippen LogP contribution < -0.4 is 5.32 Å². The monoisotopic (exact) mass is 197 g/mol. The standard InChI is InChI=1S/C12H23NO/c14-9-11-7-4-8-12(13-11)10-5-2-1-3-6-10/h10-14H,1-9H2. The number of rotatable bonds is 2. The first-order chi connectivity index (χ1) is 6.90. The Morgan fingerprint density at radius 2 is 1.71 bits per heavy atom. The SMILES string of the molecule is OCC1CCCC(C2CCCCC2)N1. The van der Waals surface area contributed by atoms with Crippen LogP contribution in [0.15, 0.2) is 0 Å². The smallest absolute Gasteiger partial charge is 0.0584 e. The summed E-state index contributed by atoms with van der Waals surface area (Å²) in [6.45, 7) is 0.323. The number of aliphatic hydroxyl groups excluding tert-OH is 1. The largest absolute Gasteiger partial charge is 0.395 e. The highest BCUT2D eigenvalue weighted by Crippen LogP contribution is 2.30. The molecule has 2 aliphatic rings. The molecule has 2 N–H and O–H groups in total. The molecule has 0 radical (unpaired) electrons. The molecule has 0 amide bonds. The lowest BCUT2D eigenvalue weighted by Crippen LogP contribution is -2.48. The Balaban J connectivity index is 1.83.